The zero-order chi connectivity index (χ0) is 20.9. The molecule has 0 bridgehead atoms. The summed E-state index contributed by atoms with van der Waals surface area (Å²) in [5, 5.41) is 3.10. The molecule has 1 unspecified atom stereocenters. The number of benzene rings is 3. The van der Waals surface area contributed by atoms with Crippen LogP contribution >= 0.6 is 11.6 Å². The molecule has 0 aliphatic carbocycles. The molecule has 0 saturated heterocycles. The topological polar surface area (TPSA) is 84.5 Å². The number of hydrogen-bond donors (Lipinski definition) is 2. The Morgan fingerprint density at radius 2 is 1.48 bits per heavy atom. The second kappa shape index (κ2) is 9.09. The van der Waals surface area contributed by atoms with Crippen LogP contribution in [-0.2, 0) is 14.8 Å². The largest absolute Gasteiger partial charge is 0.457 e. The predicted molar refractivity (Wildman–Crippen MR) is 113 cm³/mol. The van der Waals surface area contributed by atoms with Crippen molar-refractivity contribution in [3.63, 3.8) is 0 Å². The molecule has 8 heteroatoms. The Kier molecular flexibility index (Phi) is 6.53. The van der Waals surface area contributed by atoms with Crippen molar-refractivity contribution in [3.8, 4) is 11.5 Å². The summed E-state index contributed by atoms with van der Waals surface area (Å²) in [6, 6.07) is 20.8. The van der Waals surface area contributed by atoms with Crippen LogP contribution in [0.4, 0.5) is 5.69 Å². The van der Waals surface area contributed by atoms with Gasteiger partial charge in [-0.2, -0.15) is 4.72 Å². The average Bonchev–Trinajstić information content (AvgIpc) is 2.70. The predicted octanol–water partition coefficient (Wildman–Crippen LogP) is 4.44. The summed E-state index contributed by atoms with van der Waals surface area (Å²) in [6.07, 6.45) is 0. The zero-order valence-electron chi connectivity index (χ0n) is 15.5. The van der Waals surface area contributed by atoms with E-state index in [2.05, 4.69) is 10.0 Å². The first-order chi connectivity index (χ1) is 13.8. The summed E-state index contributed by atoms with van der Waals surface area (Å²) in [4.78, 5) is 12.4. The van der Waals surface area contributed by atoms with Gasteiger partial charge >= 0.3 is 0 Å². The lowest BCUT2D eigenvalue weighted by Crippen LogP contribution is -2.41. The molecular weight excluding hydrogens is 412 g/mol. The second-order valence-corrected chi connectivity index (χ2v) is 8.38. The number of carbonyl (C=O) groups excluding carboxylic acids is 1. The number of amides is 1. The Balaban J connectivity index is 1.59. The maximum Gasteiger partial charge on any atom is 0.242 e. The number of halogens is 1. The van der Waals surface area contributed by atoms with Crippen LogP contribution in [-0.4, -0.2) is 20.4 Å². The maximum atomic E-state index is 12.4. The second-order valence-electron chi connectivity index (χ2n) is 6.23. The number of nitrogens with one attached hydrogen (secondary N) is 2. The Morgan fingerprint density at radius 3 is 2.10 bits per heavy atom. The maximum absolute atomic E-state index is 12.4. The normalized spacial score (nSPS) is 12.2. The summed E-state index contributed by atoms with van der Waals surface area (Å²) in [7, 11) is -3.84. The minimum atomic E-state index is -3.84. The first kappa shape index (κ1) is 20.9. The van der Waals surface area contributed by atoms with Gasteiger partial charge in [-0.25, -0.2) is 8.42 Å². The third-order valence-electron chi connectivity index (χ3n) is 3.95. The number of hydrogen-bond acceptors (Lipinski definition) is 4. The van der Waals surface area contributed by atoms with Crippen molar-refractivity contribution < 1.29 is 17.9 Å². The fourth-order valence-electron chi connectivity index (χ4n) is 2.45. The highest BCUT2D eigenvalue weighted by atomic mass is 35.5. The van der Waals surface area contributed by atoms with Crippen molar-refractivity contribution in [3.05, 3.63) is 83.9 Å². The van der Waals surface area contributed by atoms with Gasteiger partial charge in [-0.3, -0.25) is 4.79 Å². The molecular formula is C21H19ClN2O4S. The first-order valence-corrected chi connectivity index (χ1v) is 10.6. The monoisotopic (exact) mass is 430 g/mol. The number of sulfonamides is 1. The van der Waals surface area contributed by atoms with E-state index in [1.165, 1.54) is 31.2 Å². The van der Waals surface area contributed by atoms with Gasteiger partial charge in [0.15, 0.2) is 0 Å². The number of para-hydroxylation sites is 1. The molecule has 29 heavy (non-hydrogen) atoms. The van der Waals surface area contributed by atoms with Gasteiger partial charge in [0.2, 0.25) is 15.9 Å². The third kappa shape index (κ3) is 5.80. The van der Waals surface area contributed by atoms with Crippen molar-refractivity contribution >= 4 is 33.2 Å². The molecule has 0 saturated carbocycles. The van der Waals surface area contributed by atoms with E-state index in [1.807, 2.05) is 30.3 Å². The van der Waals surface area contributed by atoms with E-state index in [-0.39, 0.29) is 4.90 Å². The molecule has 0 spiro atoms. The smallest absolute Gasteiger partial charge is 0.242 e. The molecule has 2 N–H and O–H groups in total. The van der Waals surface area contributed by atoms with Crippen LogP contribution in [0.15, 0.2) is 83.8 Å². The Bertz CT molecular complexity index is 1070. The lowest BCUT2D eigenvalue weighted by molar-refractivity contribution is -0.117. The molecule has 0 heterocycles. The summed E-state index contributed by atoms with van der Waals surface area (Å²) in [5.74, 6) is 0.833. The number of rotatable bonds is 7. The third-order valence-corrected chi connectivity index (χ3v) is 5.76. The Labute approximate surface area is 174 Å². The van der Waals surface area contributed by atoms with E-state index in [9.17, 15) is 13.2 Å². The van der Waals surface area contributed by atoms with Crippen LogP contribution in [0.25, 0.3) is 0 Å². The van der Waals surface area contributed by atoms with Crippen LogP contribution in [0, 0.1) is 0 Å². The lowest BCUT2D eigenvalue weighted by Gasteiger charge is -2.15. The van der Waals surface area contributed by atoms with Gasteiger partial charge in [0, 0.05) is 10.7 Å². The van der Waals surface area contributed by atoms with Gasteiger partial charge < -0.3 is 10.1 Å². The number of carbonyl (C=O) groups is 1. The van der Waals surface area contributed by atoms with Gasteiger partial charge in [0.05, 0.1) is 10.9 Å². The molecule has 3 rings (SSSR count). The van der Waals surface area contributed by atoms with Crippen LogP contribution in [0.2, 0.25) is 5.02 Å². The molecule has 0 radical (unpaired) electrons. The lowest BCUT2D eigenvalue weighted by atomic mass is 10.2. The highest BCUT2D eigenvalue weighted by molar-refractivity contribution is 7.89. The fourth-order valence-corrected chi connectivity index (χ4v) is 3.78. The van der Waals surface area contributed by atoms with Gasteiger partial charge in [0.25, 0.3) is 0 Å². The molecule has 0 aromatic heterocycles. The van der Waals surface area contributed by atoms with Gasteiger partial charge in [-0.05, 0) is 67.6 Å². The molecule has 1 atom stereocenters. The minimum absolute atomic E-state index is 0.0314. The number of ether oxygens (including phenoxy) is 1. The molecule has 150 valence electrons. The van der Waals surface area contributed by atoms with Crippen molar-refractivity contribution in [2.45, 2.75) is 17.9 Å². The minimum Gasteiger partial charge on any atom is -0.457 e. The zero-order valence-corrected chi connectivity index (χ0v) is 17.1. The van der Waals surface area contributed by atoms with E-state index < -0.39 is 22.0 Å². The average molecular weight is 431 g/mol. The number of anilines is 1. The first-order valence-electron chi connectivity index (χ1n) is 8.75. The molecule has 0 fully saturated rings. The quantitative estimate of drug-likeness (QED) is 0.580. The van der Waals surface area contributed by atoms with Gasteiger partial charge in [-0.15, -0.1) is 0 Å². The fraction of sp³-hybridized carbons (Fsp3) is 0.0952. The summed E-state index contributed by atoms with van der Waals surface area (Å²) < 4.78 is 32.8. The van der Waals surface area contributed by atoms with E-state index >= 15 is 0 Å². The molecule has 1 amide bonds. The SMILES string of the molecule is CC(NS(=O)(=O)c1ccc(Cl)cc1)C(=O)Nc1ccc(Oc2ccccc2)cc1. The van der Waals surface area contributed by atoms with Crippen LogP contribution in [0.1, 0.15) is 6.92 Å². The van der Waals surface area contributed by atoms with Crippen LogP contribution in [0.3, 0.4) is 0 Å². The van der Waals surface area contributed by atoms with Crippen LogP contribution < -0.4 is 14.8 Å². The Hall–Kier alpha value is -2.87. The van der Waals surface area contributed by atoms with Crippen molar-refractivity contribution in [2.24, 2.45) is 0 Å². The molecule has 6 nitrogen and oxygen atoms in total. The highest BCUT2D eigenvalue weighted by Gasteiger charge is 2.22. The van der Waals surface area contributed by atoms with Crippen molar-refractivity contribution in [1.29, 1.82) is 0 Å². The van der Waals surface area contributed by atoms with Gasteiger partial charge in [0.1, 0.15) is 11.5 Å². The highest BCUT2D eigenvalue weighted by Crippen LogP contribution is 2.22. The van der Waals surface area contributed by atoms with Crippen LogP contribution in [0.5, 0.6) is 11.5 Å². The van der Waals surface area contributed by atoms with Gasteiger partial charge in [-0.1, -0.05) is 29.8 Å². The van der Waals surface area contributed by atoms with E-state index in [4.69, 9.17) is 16.3 Å². The Morgan fingerprint density at radius 1 is 0.897 bits per heavy atom. The summed E-state index contributed by atoms with van der Waals surface area (Å²) >= 11 is 5.78. The molecule has 0 aliphatic heterocycles. The standard InChI is InChI=1S/C21H19ClN2O4S/c1-15(24-29(26,27)20-13-7-16(22)8-14-20)21(25)23-17-9-11-19(12-10-17)28-18-5-3-2-4-6-18/h2-15,24H,1H3,(H,23,25). The van der Waals surface area contributed by atoms with Crippen molar-refractivity contribution in [2.75, 3.05) is 5.32 Å². The molecule has 0 aliphatic rings. The summed E-state index contributed by atoms with van der Waals surface area (Å²) in [5.41, 5.74) is 0.521. The molecule has 3 aromatic carbocycles. The van der Waals surface area contributed by atoms with E-state index in [1.54, 1.807) is 24.3 Å². The van der Waals surface area contributed by atoms with E-state index in [0.29, 0.717) is 22.2 Å². The van der Waals surface area contributed by atoms with E-state index in [0.717, 1.165) is 0 Å². The van der Waals surface area contributed by atoms with Crippen molar-refractivity contribution in [1.82, 2.24) is 4.72 Å². The summed E-state index contributed by atoms with van der Waals surface area (Å²) in [6.45, 7) is 1.47. The molecule has 3 aromatic rings.